The second-order valence-corrected chi connectivity index (χ2v) is 6.06. The Labute approximate surface area is 141 Å². The van der Waals surface area contributed by atoms with Gasteiger partial charge in [-0.2, -0.15) is 0 Å². The van der Waals surface area contributed by atoms with Gasteiger partial charge in [0.05, 0.1) is 6.42 Å². The predicted molar refractivity (Wildman–Crippen MR) is 87.7 cm³/mol. The molecule has 2 amide bonds. The van der Waals surface area contributed by atoms with Gasteiger partial charge in [0.25, 0.3) is 5.91 Å². The van der Waals surface area contributed by atoms with Crippen molar-refractivity contribution < 1.29 is 19.2 Å². The highest BCUT2D eigenvalue weighted by Gasteiger charge is 2.46. The number of nitrogens with zero attached hydrogens (tertiary/aromatic N) is 1. The number of rotatable bonds is 12. The summed E-state index contributed by atoms with van der Waals surface area (Å²) >= 11 is 0. The minimum atomic E-state index is -2.48. The van der Waals surface area contributed by atoms with Gasteiger partial charge in [0.2, 0.25) is 11.4 Å². The Hall–Kier alpha value is -1.84. The zero-order valence-corrected chi connectivity index (χ0v) is 13.9. The fourth-order valence-corrected chi connectivity index (χ4v) is 2.67. The summed E-state index contributed by atoms with van der Waals surface area (Å²) in [6.07, 6.45) is 2.01. The zero-order chi connectivity index (χ0) is 18.2. The van der Waals surface area contributed by atoms with Crippen molar-refractivity contribution in [1.82, 2.24) is 10.2 Å². The average Bonchev–Trinajstić information content (AvgIpc) is 3.01. The lowest BCUT2D eigenvalue weighted by Crippen LogP contribution is -2.64. The molecule has 136 valence electrons. The van der Waals surface area contributed by atoms with Gasteiger partial charge >= 0.3 is 0 Å². The van der Waals surface area contributed by atoms with Crippen molar-refractivity contribution in [2.24, 2.45) is 17.2 Å². The summed E-state index contributed by atoms with van der Waals surface area (Å²) in [5, 5.41) is 3.20. The topological polar surface area (TPSA) is 162 Å². The Kier molecular flexibility index (Phi) is 7.96. The van der Waals surface area contributed by atoms with Crippen LogP contribution in [0.15, 0.2) is 0 Å². The van der Waals surface area contributed by atoms with Gasteiger partial charge in [-0.1, -0.05) is 0 Å². The van der Waals surface area contributed by atoms with Crippen molar-refractivity contribution in [3.05, 3.63) is 0 Å². The van der Waals surface area contributed by atoms with Crippen LogP contribution in [0.3, 0.4) is 0 Å². The van der Waals surface area contributed by atoms with Crippen LogP contribution in [0.4, 0.5) is 0 Å². The first-order valence-corrected chi connectivity index (χ1v) is 8.15. The molecule has 24 heavy (non-hydrogen) atoms. The highest BCUT2D eigenvalue weighted by Crippen LogP contribution is 2.11. The molecule has 1 atom stereocenters. The van der Waals surface area contributed by atoms with E-state index >= 15 is 0 Å². The second-order valence-electron chi connectivity index (χ2n) is 6.06. The maximum Gasteiger partial charge on any atom is 0.253 e. The lowest BCUT2D eigenvalue weighted by molar-refractivity contribution is -0.142. The van der Waals surface area contributed by atoms with Gasteiger partial charge in [0.1, 0.15) is 0 Å². The lowest BCUT2D eigenvalue weighted by Gasteiger charge is -2.22. The molecule has 1 saturated heterocycles. The maximum absolute atomic E-state index is 12.1. The minimum Gasteiger partial charge on any atom is -0.369 e. The average molecular weight is 341 g/mol. The normalized spacial score (nSPS) is 17.4. The summed E-state index contributed by atoms with van der Waals surface area (Å²) in [5.74, 6) is -4.08. The zero-order valence-electron chi connectivity index (χ0n) is 13.9. The number of carbonyl (C=O) groups excluding carboxylic acids is 4. The highest BCUT2D eigenvalue weighted by molar-refractivity contribution is 6.30. The Morgan fingerprint density at radius 3 is 2.17 bits per heavy atom. The fraction of sp³-hybridized carbons (Fsp3) is 0.733. The molecule has 1 aliphatic heterocycles. The van der Waals surface area contributed by atoms with E-state index in [9.17, 15) is 19.2 Å². The molecule has 0 radical (unpaired) electrons. The Bertz CT molecular complexity index is 490. The minimum absolute atomic E-state index is 0.0827. The summed E-state index contributed by atoms with van der Waals surface area (Å²) in [6.45, 7) is 4.55. The molecule has 1 unspecified atom stereocenters. The van der Waals surface area contributed by atoms with E-state index in [0.29, 0.717) is 13.0 Å². The summed E-state index contributed by atoms with van der Waals surface area (Å²) in [7, 11) is 0. The van der Waals surface area contributed by atoms with E-state index in [1.807, 2.05) is 0 Å². The van der Waals surface area contributed by atoms with Crippen LogP contribution in [0, 0.1) is 0 Å². The quantitative estimate of drug-likeness (QED) is 0.228. The molecule has 9 nitrogen and oxygen atoms in total. The van der Waals surface area contributed by atoms with Crippen molar-refractivity contribution in [1.29, 1.82) is 0 Å². The van der Waals surface area contributed by atoms with Crippen LogP contribution in [0.2, 0.25) is 0 Å². The Morgan fingerprint density at radius 1 is 1.00 bits per heavy atom. The standard InChI is InChI=1S/C15H27N5O4/c16-13(23)10-12(22)15(18,14(17)24)11(21)4-3-5-19-6-9-20-7-1-2-8-20/h19H,1-10,18H2,(H2,16,23)(H2,17,24). The molecular formula is C15H27N5O4. The van der Waals surface area contributed by atoms with E-state index in [0.717, 1.165) is 26.2 Å². The number of Topliss-reactive ketones (excluding diaryl/α,β-unsaturated/α-hetero) is 2. The summed E-state index contributed by atoms with van der Waals surface area (Å²) in [5.41, 5.74) is 13.1. The predicted octanol–water partition coefficient (Wildman–Crippen LogP) is -2.35. The number of primary amides is 2. The van der Waals surface area contributed by atoms with Gasteiger partial charge in [-0.05, 0) is 38.9 Å². The number of likely N-dealkylation sites (tertiary alicyclic amines) is 1. The summed E-state index contributed by atoms with van der Waals surface area (Å²) in [4.78, 5) is 48.6. The smallest absolute Gasteiger partial charge is 0.253 e. The van der Waals surface area contributed by atoms with Crippen molar-refractivity contribution in [2.75, 3.05) is 32.7 Å². The molecule has 0 aromatic heterocycles. The molecular weight excluding hydrogens is 314 g/mol. The van der Waals surface area contributed by atoms with Crippen molar-refractivity contribution in [3.8, 4) is 0 Å². The van der Waals surface area contributed by atoms with Gasteiger partial charge in [0.15, 0.2) is 11.6 Å². The molecule has 9 heteroatoms. The third-order valence-electron chi connectivity index (χ3n) is 4.16. The number of carbonyl (C=O) groups is 4. The molecule has 0 spiro atoms. The number of hydrogen-bond acceptors (Lipinski definition) is 7. The second kappa shape index (κ2) is 9.45. The highest BCUT2D eigenvalue weighted by atomic mass is 16.2. The van der Waals surface area contributed by atoms with Gasteiger partial charge in [-0.3, -0.25) is 19.2 Å². The van der Waals surface area contributed by atoms with Crippen LogP contribution in [-0.4, -0.2) is 66.5 Å². The largest absolute Gasteiger partial charge is 0.369 e. The van der Waals surface area contributed by atoms with Crippen molar-refractivity contribution in [2.45, 2.75) is 37.6 Å². The Balaban J connectivity index is 2.35. The number of hydrogen-bond donors (Lipinski definition) is 4. The molecule has 7 N–H and O–H groups in total. The van der Waals surface area contributed by atoms with Crippen LogP contribution < -0.4 is 22.5 Å². The van der Waals surface area contributed by atoms with Gasteiger partial charge in [0, 0.05) is 19.5 Å². The third kappa shape index (κ3) is 5.66. The van der Waals surface area contributed by atoms with Gasteiger partial charge < -0.3 is 27.4 Å². The number of nitrogens with one attached hydrogen (secondary N) is 1. The molecule has 1 fully saturated rings. The first kappa shape index (κ1) is 20.2. The molecule has 1 heterocycles. The molecule has 0 aliphatic carbocycles. The molecule has 0 aromatic rings. The molecule has 0 bridgehead atoms. The summed E-state index contributed by atoms with van der Waals surface area (Å²) in [6, 6.07) is 0. The number of amides is 2. The first-order chi connectivity index (χ1) is 11.3. The number of nitrogens with two attached hydrogens (primary N) is 3. The van der Waals surface area contributed by atoms with Crippen LogP contribution in [0.5, 0.6) is 0 Å². The first-order valence-electron chi connectivity index (χ1n) is 8.15. The fourth-order valence-electron chi connectivity index (χ4n) is 2.67. The molecule has 0 saturated carbocycles. The maximum atomic E-state index is 12.1. The SMILES string of the molecule is NC(=O)CC(=O)C(N)(C(N)=O)C(=O)CCCNCCN1CCCC1. The van der Waals surface area contributed by atoms with Crippen molar-refractivity contribution >= 4 is 23.4 Å². The van der Waals surface area contributed by atoms with E-state index in [4.69, 9.17) is 17.2 Å². The van der Waals surface area contributed by atoms with E-state index in [1.54, 1.807) is 0 Å². The molecule has 0 aromatic carbocycles. The van der Waals surface area contributed by atoms with Crippen LogP contribution >= 0.6 is 0 Å². The van der Waals surface area contributed by atoms with E-state index in [-0.39, 0.29) is 6.42 Å². The van der Waals surface area contributed by atoms with Gasteiger partial charge in [-0.15, -0.1) is 0 Å². The monoisotopic (exact) mass is 341 g/mol. The third-order valence-corrected chi connectivity index (χ3v) is 4.16. The lowest BCUT2D eigenvalue weighted by atomic mass is 9.85. The van der Waals surface area contributed by atoms with Gasteiger partial charge in [-0.25, -0.2) is 0 Å². The van der Waals surface area contributed by atoms with E-state index in [1.165, 1.54) is 12.8 Å². The van der Waals surface area contributed by atoms with E-state index < -0.39 is 35.3 Å². The van der Waals surface area contributed by atoms with Crippen LogP contribution in [0.25, 0.3) is 0 Å². The van der Waals surface area contributed by atoms with Crippen LogP contribution in [0.1, 0.15) is 32.1 Å². The van der Waals surface area contributed by atoms with E-state index in [2.05, 4.69) is 10.2 Å². The summed E-state index contributed by atoms with van der Waals surface area (Å²) < 4.78 is 0. The Morgan fingerprint density at radius 2 is 1.62 bits per heavy atom. The molecule has 1 aliphatic rings. The molecule has 1 rings (SSSR count). The number of ketones is 2. The van der Waals surface area contributed by atoms with Crippen LogP contribution in [-0.2, 0) is 19.2 Å². The van der Waals surface area contributed by atoms with Crippen molar-refractivity contribution in [3.63, 3.8) is 0 Å².